The molecule has 1 aromatic carbocycles. The van der Waals surface area contributed by atoms with Gasteiger partial charge in [-0.25, -0.2) is 0 Å². The zero-order chi connectivity index (χ0) is 14.3. The molecule has 19 heavy (non-hydrogen) atoms. The lowest BCUT2D eigenvalue weighted by atomic mass is 10.0. The summed E-state index contributed by atoms with van der Waals surface area (Å²) in [6.45, 7) is 4.33. The summed E-state index contributed by atoms with van der Waals surface area (Å²) in [4.78, 5) is 22.5. The number of rotatable bonds is 7. The van der Waals surface area contributed by atoms with Crippen LogP contribution in [-0.2, 0) is 16.1 Å². The summed E-state index contributed by atoms with van der Waals surface area (Å²) in [7, 11) is 0. The number of carbonyl (C=O) groups excluding carboxylic acids is 2. The van der Waals surface area contributed by atoms with Crippen molar-refractivity contribution in [1.82, 2.24) is 10.6 Å². The Labute approximate surface area is 113 Å². The molecule has 0 aliphatic heterocycles. The van der Waals surface area contributed by atoms with Gasteiger partial charge in [0.15, 0.2) is 0 Å². The fourth-order valence-corrected chi connectivity index (χ4v) is 1.68. The van der Waals surface area contributed by atoms with E-state index >= 15 is 0 Å². The second-order valence-electron chi connectivity index (χ2n) is 5.14. The monoisotopic (exact) mass is 263 g/mol. The second kappa shape index (κ2) is 6.89. The molecule has 0 radical (unpaired) electrons. The first kappa shape index (κ1) is 15.2. The van der Waals surface area contributed by atoms with Crippen LogP contribution in [0.3, 0.4) is 0 Å². The van der Waals surface area contributed by atoms with E-state index in [1.807, 2.05) is 44.2 Å². The Hall–Kier alpha value is -1.88. The van der Waals surface area contributed by atoms with Crippen molar-refractivity contribution >= 4 is 11.8 Å². The standard InChI is InChI=1S/C14H21N3O2/c1-14(2,8-12(15)18)17-10-13(19)16-9-11-6-4-3-5-7-11/h3-7,17H,8-10H2,1-2H3,(H2,15,18)(H,16,19). The Morgan fingerprint density at radius 2 is 1.84 bits per heavy atom. The van der Waals surface area contributed by atoms with Crippen molar-refractivity contribution in [2.75, 3.05) is 6.54 Å². The molecule has 0 bridgehead atoms. The predicted octanol–water partition coefficient (Wildman–Crippen LogP) is 0.546. The molecule has 0 aliphatic rings. The highest BCUT2D eigenvalue weighted by Crippen LogP contribution is 2.06. The van der Waals surface area contributed by atoms with Crippen molar-refractivity contribution in [2.45, 2.75) is 32.4 Å². The lowest BCUT2D eigenvalue weighted by molar-refractivity contribution is -0.122. The summed E-state index contributed by atoms with van der Waals surface area (Å²) in [6.07, 6.45) is 0.193. The Bertz CT molecular complexity index is 430. The minimum atomic E-state index is -0.476. The van der Waals surface area contributed by atoms with E-state index < -0.39 is 5.54 Å². The van der Waals surface area contributed by atoms with Gasteiger partial charge in [-0.3, -0.25) is 9.59 Å². The molecule has 1 aromatic rings. The number of carbonyl (C=O) groups is 2. The van der Waals surface area contributed by atoms with Gasteiger partial charge in [-0.05, 0) is 19.4 Å². The Kier molecular flexibility index (Phi) is 5.51. The van der Waals surface area contributed by atoms with E-state index in [2.05, 4.69) is 10.6 Å². The summed E-state index contributed by atoms with van der Waals surface area (Å²) in [6, 6.07) is 9.68. The highest BCUT2D eigenvalue weighted by molar-refractivity contribution is 5.78. The van der Waals surface area contributed by atoms with Crippen molar-refractivity contribution in [2.24, 2.45) is 5.73 Å². The fourth-order valence-electron chi connectivity index (χ4n) is 1.68. The number of benzene rings is 1. The molecule has 0 atom stereocenters. The van der Waals surface area contributed by atoms with E-state index in [0.29, 0.717) is 6.54 Å². The van der Waals surface area contributed by atoms with Crippen LogP contribution in [-0.4, -0.2) is 23.9 Å². The quantitative estimate of drug-likeness (QED) is 0.671. The number of hydrogen-bond donors (Lipinski definition) is 3. The van der Waals surface area contributed by atoms with E-state index in [0.717, 1.165) is 5.56 Å². The zero-order valence-electron chi connectivity index (χ0n) is 11.4. The summed E-state index contributed by atoms with van der Waals surface area (Å²) in [5.41, 5.74) is 5.71. The molecule has 1 rings (SSSR count). The van der Waals surface area contributed by atoms with Crippen LogP contribution in [0.25, 0.3) is 0 Å². The molecule has 0 saturated carbocycles. The van der Waals surface area contributed by atoms with Gasteiger partial charge in [0.05, 0.1) is 6.54 Å². The molecule has 0 saturated heterocycles. The van der Waals surface area contributed by atoms with Crippen molar-refractivity contribution in [3.05, 3.63) is 35.9 Å². The van der Waals surface area contributed by atoms with Gasteiger partial charge in [-0.2, -0.15) is 0 Å². The molecular weight excluding hydrogens is 242 g/mol. The maximum atomic E-state index is 11.7. The van der Waals surface area contributed by atoms with E-state index in [1.165, 1.54) is 0 Å². The van der Waals surface area contributed by atoms with Crippen molar-refractivity contribution < 1.29 is 9.59 Å². The van der Waals surface area contributed by atoms with E-state index in [1.54, 1.807) is 0 Å². The SMILES string of the molecule is CC(C)(CC(N)=O)NCC(=O)NCc1ccccc1. The van der Waals surface area contributed by atoms with E-state index in [9.17, 15) is 9.59 Å². The van der Waals surface area contributed by atoms with Gasteiger partial charge < -0.3 is 16.4 Å². The minimum Gasteiger partial charge on any atom is -0.370 e. The smallest absolute Gasteiger partial charge is 0.234 e. The molecule has 0 unspecified atom stereocenters. The van der Waals surface area contributed by atoms with Crippen LogP contribution in [0.2, 0.25) is 0 Å². The first-order chi connectivity index (χ1) is 8.89. The lowest BCUT2D eigenvalue weighted by Gasteiger charge is -2.24. The highest BCUT2D eigenvalue weighted by atomic mass is 16.2. The maximum Gasteiger partial charge on any atom is 0.234 e. The highest BCUT2D eigenvalue weighted by Gasteiger charge is 2.20. The number of nitrogens with one attached hydrogen (secondary N) is 2. The molecule has 0 heterocycles. The van der Waals surface area contributed by atoms with E-state index in [4.69, 9.17) is 5.73 Å². The van der Waals surface area contributed by atoms with Crippen LogP contribution in [0.1, 0.15) is 25.8 Å². The van der Waals surface area contributed by atoms with Crippen LogP contribution in [0.4, 0.5) is 0 Å². The molecule has 0 aromatic heterocycles. The molecule has 104 valence electrons. The van der Waals surface area contributed by atoms with Gasteiger partial charge in [0.25, 0.3) is 0 Å². The molecule has 0 aliphatic carbocycles. The Balaban J connectivity index is 2.30. The van der Waals surface area contributed by atoms with Crippen molar-refractivity contribution in [3.63, 3.8) is 0 Å². The van der Waals surface area contributed by atoms with E-state index in [-0.39, 0.29) is 24.8 Å². The van der Waals surface area contributed by atoms with Crippen LogP contribution in [0.5, 0.6) is 0 Å². The lowest BCUT2D eigenvalue weighted by Crippen LogP contribution is -2.47. The third kappa shape index (κ3) is 6.57. The van der Waals surface area contributed by atoms with Gasteiger partial charge >= 0.3 is 0 Å². The molecule has 5 heteroatoms. The van der Waals surface area contributed by atoms with Crippen LogP contribution in [0, 0.1) is 0 Å². The first-order valence-electron chi connectivity index (χ1n) is 6.23. The summed E-state index contributed by atoms with van der Waals surface area (Å²) in [5, 5.41) is 5.82. The third-order valence-electron chi connectivity index (χ3n) is 2.68. The third-order valence-corrected chi connectivity index (χ3v) is 2.68. The predicted molar refractivity (Wildman–Crippen MR) is 74.2 cm³/mol. The normalized spacial score (nSPS) is 11.1. The number of hydrogen-bond acceptors (Lipinski definition) is 3. The summed E-state index contributed by atoms with van der Waals surface area (Å²) in [5.74, 6) is -0.497. The van der Waals surface area contributed by atoms with Crippen LogP contribution >= 0.6 is 0 Å². The summed E-state index contributed by atoms with van der Waals surface area (Å²) < 4.78 is 0. The Morgan fingerprint density at radius 1 is 1.21 bits per heavy atom. The van der Waals surface area contributed by atoms with Crippen molar-refractivity contribution in [3.8, 4) is 0 Å². The van der Waals surface area contributed by atoms with Crippen molar-refractivity contribution in [1.29, 1.82) is 0 Å². The maximum absolute atomic E-state index is 11.7. The summed E-state index contributed by atoms with van der Waals surface area (Å²) >= 11 is 0. The number of nitrogens with two attached hydrogens (primary N) is 1. The van der Waals surface area contributed by atoms with Gasteiger partial charge in [0.2, 0.25) is 11.8 Å². The first-order valence-corrected chi connectivity index (χ1v) is 6.23. The molecule has 4 N–H and O–H groups in total. The molecular formula is C14H21N3O2. The average molecular weight is 263 g/mol. The average Bonchev–Trinajstić information content (AvgIpc) is 2.34. The van der Waals surface area contributed by atoms with Gasteiger partial charge in [0.1, 0.15) is 0 Å². The van der Waals surface area contributed by atoms with Gasteiger partial charge in [0, 0.05) is 18.5 Å². The topological polar surface area (TPSA) is 84.2 Å². The fraction of sp³-hybridized carbons (Fsp3) is 0.429. The number of amides is 2. The molecule has 2 amide bonds. The zero-order valence-corrected chi connectivity index (χ0v) is 11.4. The second-order valence-corrected chi connectivity index (χ2v) is 5.14. The van der Waals surface area contributed by atoms with Crippen LogP contribution in [0.15, 0.2) is 30.3 Å². The van der Waals surface area contributed by atoms with Crippen LogP contribution < -0.4 is 16.4 Å². The molecule has 5 nitrogen and oxygen atoms in total. The largest absolute Gasteiger partial charge is 0.370 e. The minimum absolute atomic E-state index is 0.110. The van der Waals surface area contributed by atoms with Gasteiger partial charge in [-0.15, -0.1) is 0 Å². The molecule has 0 fully saturated rings. The Morgan fingerprint density at radius 3 is 2.42 bits per heavy atom. The number of primary amides is 1. The molecule has 0 spiro atoms. The van der Waals surface area contributed by atoms with Gasteiger partial charge in [-0.1, -0.05) is 30.3 Å².